The number of carbonyl (C=O) groups excluding carboxylic acids is 2. The van der Waals surface area contributed by atoms with Gasteiger partial charge < -0.3 is 14.8 Å². The van der Waals surface area contributed by atoms with Crippen molar-refractivity contribution in [3.63, 3.8) is 0 Å². The maximum atomic E-state index is 12.0. The number of rotatable bonds is 8. The summed E-state index contributed by atoms with van der Waals surface area (Å²) in [6.07, 6.45) is 1.42. The largest absolute Gasteiger partial charge is 0.490 e. The highest BCUT2D eigenvalue weighted by atomic mass is 35.5. The van der Waals surface area contributed by atoms with Gasteiger partial charge in [0.2, 0.25) is 0 Å². The Kier molecular flexibility index (Phi) is 8.16. The Morgan fingerprint density at radius 1 is 0.889 bits per heavy atom. The molecule has 0 heterocycles. The first-order chi connectivity index (χ1) is 17.5. The number of fused-ring (bicyclic) bond motifs is 1. The smallest absolute Gasteiger partial charge is 0.329 e. The number of anilines is 1. The lowest BCUT2D eigenvalue weighted by molar-refractivity contribution is -0.136. The van der Waals surface area contributed by atoms with Crippen molar-refractivity contribution in [3.05, 3.63) is 101 Å². The fraction of sp³-hybridized carbons (Fsp3) is 0.107. The van der Waals surface area contributed by atoms with Crippen LogP contribution in [0.3, 0.4) is 0 Å². The number of nitrogens with zero attached hydrogens (tertiary/aromatic N) is 1. The molecule has 7 nitrogen and oxygen atoms in total. The van der Waals surface area contributed by atoms with E-state index in [-0.39, 0.29) is 0 Å². The highest BCUT2D eigenvalue weighted by Crippen LogP contribution is 2.30. The molecule has 0 spiro atoms. The van der Waals surface area contributed by atoms with Gasteiger partial charge in [0.25, 0.3) is 0 Å². The van der Waals surface area contributed by atoms with E-state index in [2.05, 4.69) is 34.0 Å². The zero-order chi connectivity index (χ0) is 25.3. The van der Waals surface area contributed by atoms with Crippen molar-refractivity contribution in [2.75, 3.05) is 11.9 Å². The van der Waals surface area contributed by atoms with Crippen molar-refractivity contribution in [2.45, 2.75) is 13.5 Å². The molecule has 4 aromatic carbocycles. The lowest BCUT2D eigenvalue weighted by Gasteiger charge is -2.13. The number of nitrogens with one attached hydrogen (secondary N) is 2. The van der Waals surface area contributed by atoms with Gasteiger partial charge in [-0.1, -0.05) is 54.1 Å². The Balaban J connectivity index is 1.38. The molecule has 0 fully saturated rings. The maximum absolute atomic E-state index is 12.0. The zero-order valence-corrected chi connectivity index (χ0v) is 20.3. The lowest BCUT2D eigenvalue weighted by Crippen LogP contribution is -2.32. The minimum absolute atomic E-state index is 0.383. The summed E-state index contributed by atoms with van der Waals surface area (Å²) in [6.45, 7) is 2.72. The topological polar surface area (TPSA) is 89.0 Å². The summed E-state index contributed by atoms with van der Waals surface area (Å²) < 4.78 is 11.8. The molecular formula is C28H24ClN3O4. The highest BCUT2D eigenvalue weighted by Gasteiger charge is 2.13. The summed E-state index contributed by atoms with van der Waals surface area (Å²) in [4.78, 5) is 24.1. The van der Waals surface area contributed by atoms with Crippen LogP contribution in [0.15, 0.2) is 90.0 Å². The van der Waals surface area contributed by atoms with E-state index in [1.165, 1.54) is 6.21 Å². The van der Waals surface area contributed by atoms with E-state index < -0.39 is 11.8 Å². The van der Waals surface area contributed by atoms with Gasteiger partial charge in [-0.15, -0.1) is 0 Å². The second kappa shape index (κ2) is 11.9. The summed E-state index contributed by atoms with van der Waals surface area (Å²) in [6, 6.07) is 26.0. The first-order valence-corrected chi connectivity index (χ1v) is 11.7. The van der Waals surface area contributed by atoms with Crippen molar-refractivity contribution in [2.24, 2.45) is 5.10 Å². The van der Waals surface area contributed by atoms with Gasteiger partial charge in [-0.05, 0) is 71.3 Å². The molecule has 4 aromatic rings. The Labute approximate surface area is 213 Å². The Morgan fingerprint density at radius 3 is 2.47 bits per heavy atom. The minimum Gasteiger partial charge on any atom is -0.490 e. The molecule has 2 N–H and O–H groups in total. The fourth-order valence-electron chi connectivity index (χ4n) is 3.50. The number of hydrogen-bond acceptors (Lipinski definition) is 5. The molecular weight excluding hydrogens is 478 g/mol. The first kappa shape index (κ1) is 24.8. The van der Waals surface area contributed by atoms with E-state index >= 15 is 0 Å². The van der Waals surface area contributed by atoms with Crippen LogP contribution in [0.4, 0.5) is 5.69 Å². The van der Waals surface area contributed by atoms with Gasteiger partial charge in [-0.25, -0.2) is 5.43 Å². The quantitative estimate of drug-likeness (QED) is 0.188. The number of hydrazone groups is 1. The number of benzene rings is 4. The van der Waals surface area contributed by atoms with Crippen LogP contribution in [-0.2, 0) is 16.2 Å². The van der Waals surface area contributed by atoms with Gasteiger partial charge in [0.1, 0.15) is 6.61 Å². The molecule has 0 saturated carbocycles. The van der Waals surface area contributed by atoms with Gasteiger partial charge in [0.15, 0.2) is 11.5 Å². The number of hydrogen-bond donors (Lipinski definition) is 2. The molecule has 0 radical (unpaired) electrons. The first-order valence-electron chi connectivity index (χ1n) is 11.3. The normalized spacial score (nSPS) is 10.8. The van der Waals surface area contributed by atoms with E-state index in [1.807, 2.05) is 31.2 Å². The fourth-order valence-corrected chi connectivity index (χ4v) is 3.63. The second-order valence-electron chi connectivity index (χ2n) is 7.73. The molecule has 0 aliphatic carbocycles. The predicted octanol–water partition coefficient (Wildman–Crippen LogP) is 5.56. The Hall–Kier alpha value is -4.36. The van der Waals surface area contributed by atoms with Crippen LogP contribution in [0, 0.1) is 0 Å². The third-order valence-corrected chi connectivity index (χ3v) is 5.47. The van der Waals surface area contributed by atoms with Gasteiger partial charge >= 0.3 is 11.8 Å². The van der Waals surface area contributed by atoms with Crippen molar-refractivity contribution in [3.8, 4) is 11.5 Å². The molecule has 0 bridgehead atoms. The van der Waals surface area contributed by atoms with E-state index in [0.717, 1.165) is 16.3 Å². The lowest BCUT2D eigenvalue weighted by atomic mass is 10.1. The molecule has 0 atom stereocenters. The summed E-state index contributed by atoms with van der Waals surface area (Å²) >= 11 is 5.82. The second-order valence-corrected chi connectivity index (χ2v) is 8.16. The third kappa shape index (κ3) is 6.40. The standard InChI is InChI=1S/C28H24ClN3O4/c1-2-35-26-16-19(17-30-32-28(34)27(33)31-23-13-11-22(29)12-14-23)10-15-25(26)36-18-21-8-5-7-20-6-3-4-9-24(20)21/h3-17H,2,18H2,1H3,(H,31,33)(H,32,34). The van der Waals surface area contributed by atoms with Crippen LogP contribution < -0.4 is 20.2 Å². The third-order valence-electron chi connectivity index (χ3n) is 5.22. The summed E-state index contributed by atoms with van der Waals surface area (Å²) in [5.41, 5.74) is 4.39. The van der Waals surface area contributed by atoms with Crippen molar-refractivity contribution >= 4 is 46.1 Å². The molecule has 0 unspecified atom stereocenters. The van der Waals surface area contributed by atoms with Gasteiger partial charge in [-0.3, -0.25) is 9.59 Å². The summed E-state index contributed by atoms with van der Waals surface area (Å²) in [5.74, 6) is -0.607. The van der Waals surface area contributed by atoms with Crippen LogP contribution >= 0.6 is 11.6 Å². The van der Waals surface area contributed by atoms with Crippen LogP contribution in [0.2, 0.25) is 5.02 Å². The van der Waals surface area contributed by atoms with Gasteiger partial charge in [0.05, 0.1) is 12.8 Å². The Bertz CT molecular complexity index is 1400. The number of ether oxygens (including phenoxy) is 2. The molecule has 8 heteroatoms. The number of halogens is 1. The molecule has 0 aliphatic rings. The van der Waals surface area contributed by atoms with Crippen molar-refractivity contribution in [1.29, 1.82) is 0 Å². The molecule has 0 aliphatic heterocycles. The zero-order valence-electron chi connectivity index (χ0n) is 19.5. The highest BCUT2D eigenvalue weighted by molar-refractivity contribution is 6.39. The SMILES string of the molecule is CCOc1cc(C=NNC(=O)C(=O)Nc2ccc(Cl)cc2)ccc1OCc1cccc2ccccc12. The monoisotopic (exact) mass is 501 g/mol. The van der Waals surface area contributed by atoms with Crippen LogP contribution in [0.1, 0.15) is 18.1 Å². The average Bonchev–Trinajstić information content (AvgIpc) is 2.89. The van der Waals surface area contributed by atoms with Crippen molar-refractivity contribution in [1.82, 2.24) is 5.43 Å². The van der Waals surface area contributed by atoms with Crippen LogP contribution in [0.5, 0.6) is 11.5 Å². The summed E-state index contributed by atoms with van der Waals surface area (Å²) in [5, 5.41) is 9.16. The van der Waals surface area contributed by atoms with Crippen LogP contribution in [0.25, 0.3) is 10.8 Å². The molecule has 4 rings (SSSR count). The molecule has 2 amide bonds. The van der Waals surface area contributed by atoms with Gasteiger partial charge in [0, 0.05) is 10.7 Å². The maximum Gasteiger partial charge on any atom is 0.329 e. The molecule has 0 aromatic heterocycles. The molecule has 182 valence electrons. The van der Waals surface area contributed by atoms with Gasteiger partial charge in [-0.2, -0.15) is 5.10 Å². The van der Waals surface area contributed by atoms with Crippen LogP contribution in [-0.4, -0.2) is 24.6 Å². The van der Waals surface area contributed by atoms with E-state index in [0.29, 0.717) is 41.0 Å². The number of carbonyl (C=O) groups is 2. The molecule has 0 saturated heterocycles. The van der Waals surface area contributed by atoms with E-state index in [1.54, 1.807) is 42.5 Å². The predicted molar refractivity (Wildman–Crippen MR) is 142 cm³/mol. The average molecular weight is 502 g/mol. The minimum atomic E-state index is -0.902. The van der Waals surface area contributed by atoms with E-state index in [9.17, 15) is 9.59 Å². The number of amides is 2. The Morgan fingerprint density at radius 2 is 1.67 bits per heavy atom. The molecule has 36 heavy (non-hydrogen) atoms. The summed E-state index contributed by atoms with van der Waals surface area (Å²) in [7, 11) is 0. The van der Waals surface area contributed by atoms with E-state index in [4.69, 9.17) is 21.1 Å². The van der Waals surface area contributed by atoms with Crippen molar-refractivity contribution < 1.29 is 19.1 Å².